The maximum absolute atomic E-state index is 5.66. The monoisotopic (exact) mass is 251 g/mol. The highest BCUT2D eigenvalue weighted by atomic mass is 16.5. The summed E-state index contributed by atoms with van der Waals surface area (Å²) in [4.78, 5) is 0. The van der Waals surface area contributed by atoms with Crippen LogP contribution >= 0.6 is 0 Å². The van der Waals surface area contributed by atoms with Crippen molar-refractivity contribution in [3.8, 4) is 0 Å². The normalized spacial score (nSPS) is 11.1. The molecule has 0 bridgehead atoms. The van der Waals surface area contributed by atoms with Crippen LogP contribution in [-0.4, -0.2) is 13.2 Å². The van der Waals surface area contributed by atoms with Gasteiger partial charge in [0, 0.05) is 12.1 Å². The van der Waals surface area contributed by atoms with Crippen LogP contribution in [0.25, 0.3) is 0 Å². The Labute approximate surface area is 110 Å². The van der Waals surface area contributed by atoms with Crippen molar-refractivity contribution in [2.45, 2.75) is 40.3 Å². The maximum Gasteiger partial charge on any atom is 0.130 e. The zero-order valence-electron chi connectivity index (χ0n) is 11.8. The van der Waals surface area contributed by atoms with Crippen LogP contribution in [0.2, 0.25) is 0 Å². The molecule has 0 spiro atoms. The van der Waals surface area contributed by atoms with E-state index >= 15 is 0 Å². The second kappa shape index (κ2) is 8.11. The number of ether oxygens (including phenoxy) is 1. The van der Waals surface area contributed by atoms with Gasteiger partial charge in [-0.3, -0.25) is 0 Å². The lowest BCUT2D eigenvalue weighted by molar-refractivity contribution is 0.109. The number of nitrogens with one attached hydrogen (secondary N) is 1. The second-order valence-corrected chi connectivity index (χ2v) is 4.95. The van der Waals surface area contributed by atoms with Gasteiger partial charge >= 0.3 is 0 Å². The van der Waals surface area contributed by atoms with E-state index in [4.69, 9.17) is 9.15 Å². The van der Waals surface area contributed by atoms with Crippen LogP contribution in [0.1, 0.15) is 37.4 Å². The summed E-state index contributed by atoms with van der Waals surface area (Å²) in [7, 11) is 0. The lowest BCUT2D eigenvalue weighted by atomic mass is 10.2. The molecule has 1 heterocycles. The number of aryl methyl sites for hydroxylation is 1. The zero-order valence-corrected chi connectivity index (χ0v) is 11.8. The molecule has 0 amide bonds. The minimum atomic E-state index is 0.541. The van der Waals surface area contributed by atoms with Crippen LogP contribution in [0, 0.1) is 12.8 Å². The van der Waals surface area contributed by atoms with E-state index in [2.05, 4.69) is 31.8 Å². The Morgan fingerprint density at radius 2 is 2.28 bits per heavy atom. The van der Waals surface area contributed by atoms with Gasteiger partial charge in [-0.15, -0.1) is 6.58 Å². The molecule has 0 aromatic carbocycles. The van der Waals surface area contributed by atoms with Crippen molar-refractivity contribution in [3.63, 3.8) is 0 Å². The molecule has 0 saturated heterocycles. The van der Waals surface area contributed by atoms with Gasteiger partial charge in [-0.1, -0.05) is 19.9 Å². The maximum atomic E-state index is 5.66. The van der Waals surface area contributed by atoms with Gasteiger partial charge in [0.15, 0.2) is 0 Å². The Kier molecular flexibility index (Phi) is 6.76. The molecule has 0 saturated carbocycles. The molecule has 0 radical (unpaired) electrons. The lowest BCUT2D eigenvalue weighted by Gasteiger charge is -2.05. The molecule has 1 aromatic rings. The lowest BCUT2D eigenvalue weighted by Crippen LogP contribution is -2.18. The molecule has 3 heteroatoms. The van der Waals surface area contributed by atoms with E-state index in [0.29, 0.717) is 19.1 Å². The largest absolute Gasteiger partial charge is 0.464 e. The van der Waals surface area contributed by atoms with Gasteiger partial charge in [0.2, 0.25) is 0 Å². The summed E-state index contributed by atoms with van der Waals surface area (Å²) in [5.74, 6) is 2.55. The molecular formula is C15H25NO2. The van der Waals surface area contributed by atoms with Crippen molar-refractivity contribution in [3.05, 3.63) is 35.8 Å². The molecule has 102 valence electrons. The third-order valence-corrected chi connectivity index (χ3v) is 2.65. The SMILES string of the molecule is C=CCCOCc1cc(CNCC(C)C)c(C)o1. The third kappa shape index (κ3) is 5.52. The van der Waals surface area contributed by atoms with Crippen molar-refractivity contribution >= 4 is 0 Å². The van der Waals surface area contributed by atoms with E-state index < -0.39 is 0 Å². The zero-order chi connectivity index (χ0) is 13.4. The Morgan fingerprint density at radius 3 is 2.94 bits per heavy atom. The Balaban J connectivity index is 2.36. The van der Waals surface area contributed by atoms with Crippen molar-refractivity contribution in [2.24, 2.45) is 5.92 Å². The molecule has 1 N–H and O–H groups in total. The first kappa shape index (κ1) is 15.0. The van der Waals surface area contributed by atoms with Crippen molar-refractivity contribution in [2.75, 3.05) is 13.2 Å². The molecule has 1 rings (SSSR count). The summed E-state index contributed by atoms with van der Waals surface area (Å²) in [6.45, 7) is 13.2. The van der Waals surface area contributed by atoms with E-state index in [-0.39, 0.29) is 0 Å². The van der Waals surface area contributed by atoms with Crippen molar-refractivity contribution in [1.82, 2.24) is 5.32 Å². The van der Waals surface area contributed by atoms with Gasteiger partial charge in [0.25, 0.3) is 0 Å². The molecule has 0 unspecified atom stereocenters. The van der Waals surface area contributed by atoms with Crippen LogP contribution in [0.3, 0.4) is 0 Å². The van der Waals surface area contributed by atoms with Gasteiger partial charge in [-0.25, -0.2) is 0 Å². The summed E-state index contributed by atoms with van der Waals surface area (Å²) in [6, 6.07) is 2.08. The van der Waals surface area contributed by atoms with E-state index in [0.717, 1.165) is 31.0 Å². The Morgan fingerprint density at radius 1 is 1.50 bits per heavy atom. The number of hydrogen-bond donors (Lipinski definition) is 1. The predicted molar refractivity (Wildman–Crippen MR) is 74.5 cm³/mol. The number of rotatable bonds is 9. The third-order valence-electron chi connectivity index (χ3n) is 2.65. The van der Waals surface area contributed by atoms with E-state index in [1.54, 1.807) is 0 Å². The Bertz CT molecular complexity index is 355. The molecule has 0 aliphatic rings. The van der Waals surface area contributed by atoms with Gasteiger partial charge in [-0.05, 0) is 31.9 Å². The summed E-state index contributed by atoms with van der Waals surface area (Å²) in [5.41, 5.74) is 1.22. The number of hydrogen-bond acceptors (Lipinski definition) is 3. The fourth-order valence-electron chi connectivity index (χ4n) is 1.67. The van der Waals surface area contributed by atoms with Crippen LogP contribution in [0.15, 0.2) is 23.1 Å². The highest BCUT2D eigenvalue weighted by Gasteiger charge is 2.07. The highest BCUT2D eigenvalue weighted by molar-refractivity contribution is 5.20. The average molecular weight is 251 g/mol. The summed E-state index contributed by atoms with van der Waals surface area (Å²) in [6.07, 6.45) is 2.73. The topological polar surface area (TPSA) is 34.4 Å². The fraction of sp³-hybridized carbons (Fsp3) is 0.600. The van der Waals surface area contributed by atoms with E-state index in [1.807, 2.05) is 13.0 Å². The quantitative estimate of drug-likeness (QED) is 0.539. The molecule has 3 nitrogen and oxygen atoms in total. The number of furan rings is 1. The molecule has 0 atom stereocenters. The summed E-state index contributed by atoms with van der Waals surface area (Å²) >= 11 is 0. The Hall–Kier alpha value is -1.06. The average Bonchev–Trinajstić information content (AvgIpc) is 2.65. The van der Waals surface area contributed by atoms with Gasteiger partial charge < -0.3 is 14.5 Å². The van der Waals surface area contributed by atoms with Crippen molar-refractivity contribution in [1.29, 1.82) is 0 Å². The smallest absolute Gasteiger partial charge is 0.130 e. The first-order chi connectivity index (χ1) is 8.63. The standard InChI is InChI=1S/C15H25NO2/c1-5-6-7-17-11-15-8-14(13(4)18-15)10-16-9-12(2)3/h5,8,12,16H,1,6-7,9-11H2,2-4H3. The van der Waals surface area contributed by atoms with E-state index in [9.17, 15) is 0 Å². The van der Waals surface area contributed by atoms with Gasteiger partial charge in [0.1, 0.15) is 18.1 Å². The minimum Gasteiger partial charge on any atom is -0.464 e. The molecular weight excluding hydrogens is 226 g/mol. The minimum absolute atomic E-state index is 0.541. The highest BCUT2D eigenvalue weighted by Crippen LogP contribution is 2.15. The van der Waals surface area contributed by atoms with Gasteiger partial charge in [-0.2, -0.15) is 0 Å². The van der Waals surface area contributed by atoms with Crippen LogP contribution < -0.4 is 5.32 Å². The first-order valence-electron chi connectivity index (χ1n) is 6.61. The molecule has 0 fully saturated rings. The summed E-state index contributed by atoms with van der Waals surface area (Å²) in [5, 5.41) is 3.42. The van der Waals surface area contributed by atoms with Gasteiger partial charge in [0.05, 0.1) is 6.61 Å². The van der Waals surface area contributed by atoms with Crippen LogP contribution in [0.5, 0.6) is 0 Å². The molecule has 0 aliphatic heterocycles. The molecule has 18 heavy (non-hydrogen) atoms. The fourth-order valence-corrected chi connectivity index (χ4v) is 1.67. The van der Waals surface area contributed by atoms with E-state index in [1.165, 1.54) is 5.56 Å². The summed E-state index contributed by atoms with van der Waals surface area (Å²) < 4.78 is 11.1. The van der Waals surface area contributed by atoms with Crippen LogP contribution in [0.4, 0.5) is 0 Å². The molecule has 1 aromatic heterocycles. The predicted octanol–water partition coefficient (Wildman–Crippen LogP) is 3.43. The first-order valence-corrected chi connectivity index (χ1v) is 6.61. The molecule has 0 aliphatic carbocycles. The van der Waals surface area contributed by atoms with Crippen LogP contribution in [-0.2, 0) is 17.9 Å². The van der Waals surface area contributed by atoms with Crippen molar-refractivity contribution < 1.29 is 9.15 Å². The second-order valence-electron chi connectivity index (χ2n) is 4.95.